The minimum Gasteiger partial charge on any atom is -0.501 e. The fourth-order valence-corrected chi connectivity index (χ4v) is 0.815. The second-order valence-electron chi connectivity index (χ2n) is 2.02. The van der Waals surface area contributed by atoms with E-state index in [0.29, 0.717) is 0 Å². The van der Waals surface area contributed by atoms with Crippen LogP contribution in [-0.4, -0.2) is 14.2 Å². The van der Waals surface area contributed by atoms with Gasteiger partial charge in [-0.3, -0.25) is 0 Å². The maximum atomic E-state index is 5.01. The van der Waals surface area contributed by atoms with Crippen molar-refractivity contribution in [2.45, 2.75) is 6.42 Å². The molecule has 0 bridgehead atoms. The molecule has 1 aliphatic rings. The van der Waals surface area contributed by atoms with Crippen molar-refractivity contribution < 1.29 is 9.47 Å². The van der Waals surface area contributed by atoms with Gasteiger partial charge in [-0.15, -0.1) is 0 Å². The SMILES string of the molecule is COC1=CC=C(OC)C[CH]1. The van der Waals surface area contributed by atoms with Gasteiger partial charge in [-0.05, 0) is 12.2 Å². The first-order valence-corrected chi connectivity index (χ1v) is 3.19. The van der Waals surface area contributed by atoms with E-state index in [1.165, 1.54) is 0 Å². The summed E-state index contributed by atoms with van der Waals surface area (Å²) in [5.74, 6) is 1.88. The van der Waals surface area contributed by atoms with E-state index < -0.39 is 0 Å². The van der Waals surface area contributed by atoms with E-state index in [0.717, 1.165) is 17.9 Å². The van der Waals surface area contributed by atoms with Gasteiger partial charge < -0.3 is 9.47 Å². The summed E-state index contributed by atoms with van der Waals surface area (Å²) < 4.78 is 10.0. The van der Waals surface area contributed by atoms with Gasteiger partial charge in [0.05, 0.1) is 25.7 Å². The number of allylic oxidation sites excluding steroid dienone is 4. The highest BCUT2D eigenvalue weighted by Gasteiger charge is 2.05. The number of hydrogen-bond donors (Lipinski definition) is 0. The minimum absolute atomic E-state index is 0.830. The lowest BCUT2D eigenvalue weighted by Gasteiger charge is -2.11. The van der Waals surface area contributed by atoms with Crippen molar-refractivity contribution in [3.8, 4) is 0 Å². The molecule has 0 aromatic rings. The van der Waals surface area contributed by atoms with Crippen molar-refractivity contribution in [3.05, 3.63) is 30.1 Å². The van der Waals surface area contributed by atoms with Crippen LogP contribution < -0.4 is 0 Å². The molecule has 1 aliphatic carbocycles. The van der Waals surface area contributed by atoms with E-state index in [1.54, 1.807) is 14.2 Å². The van der Waals surface area contributed by atoms with Crippen LogP contribution >= 0.6 is 0 Å². The molecular weight excluding hydrogens is 128 g/mol. The van der Waals surface area contributed by atoms with E-state index >= 15 is 0 Å². The van der Waals surface area contributed by atoms with Gasteiger partial charge in [0.2, 0.25) is 0 Å². The lowest BCUT2D eigenvalue weighted by atomic mass is 10.1. The van der Waals surface area contributed by atoms with Crippen molar-refractivity contribution in [1.29, 1.82) is 0 Å². The van der Waals surface area contributed by atoms with Gasteiger partial charge in [-0.1, -0.05) is 0 Å². The predicted octanol–water partition coefficient (Wildman–Crippen LogP) is 1.65. The zero-order chi connectivity index (χ0) is 7.40. The summed E-state index contributed by atoms with van der Waals surface area (Å²) in [4.78, 5) is 0. The van der Waals surface area contributed by atoms with Crippen molar-refractivity contribution in [3.63, 3.8) is 0 Å². The van der Waals surface area contributed by atoms with Gasteiger partial charge >= 0.3 is 0 Å². The molecule has 0 aromatic carbocycles. The molecule has 0 aliphatic heterocycles. The van der Waals surface area contributed by atoms with Crippen molar-refractivity contribution in [2.75, 3.05) is 14.2 Å². The molecule has 1 radical (unpaired) electrons. The summed E-state index contributed by atoms with van der Waals surface area (Å²) in [7, 11) is 3.33. The molecule has 2 heteroatoms. The molecule has 0 heterocycles. The fraction of sp³-hybridized carbons (Fsp3) is 0.375. The highest BCUT2D eigenvalue weighted by atomic mass is 16.5. The maximum Gasteiger partial charge on any atom is 0.0999 e. The zero-order valence-corrected chi connectivity index (χ0v) is 6.26. The van der Waals surface area contributed by atoms with Gasteiger partial charge in [0.15, 0.2) is 0 Å². The van der Waals surface area contributed by atoms with Crippen LogP contribution in [0.2, 0.25) is 0 Å². The van der Waals surface area contributed by atoms with E-state index in [4.69, 9.17) is 9.47 Å². The molecule has 0 saturated carbocycles. The molecule has 0 spiro atoms. The van der Waals surface area contributed by atoms with Crippen molar-refractivity contribution in [2.24, 2.45) is 0 Å². The summed E-state index contributed by atoms with van der Waals surface area (Å²) in [5.41, 5.74) is 0. The number of hydrogen-bond acceptors (Lipinski definition) is 2. The molecule has 0 aromatic heterocycles. The maximum absolute atomic E-state index is 5.01. The van der Waals surface area contributed by atoms with E-state index in [9.17, 15) is 0 Å². The van der Waals surface area contributed by atoms with Crippen LogP contribution in [0.1, 0.15) is 6.42 Å². The van der Waals surface area contributed by atoms with Crippen LogP contribution in [0.15, 0.2) is 23.7 Å². The number of methoxy groups -OCH3 is 2. The first kappa shape index (κ1) is 7.19. The lowest BCUT2D eigenvalue weighted by Crippen LogP contribution is -1.97. The average Bonchev–Trinajstić information content (AvgIpc) is 2.05. The molecule has 0 N–H and O–H groups in total. The molecule has 0 saturated heterocycles. The quantitative estimate of drug-likeness (QED) is 0.579. The Kier molecular flexibility index (Phi) is 2.37. The van der Waals surface area contributed by atoms with Crippen LogP contribution in [0.25, 0.3) is 0 Å². The zero-order valence-electron chi connectivity index (χ0n) is 6.26. The van der Waals surface area contributed by atoms with Crippen LogP contribution in [0.4, 0.5) is 0 Å². The Morgan fingerprint density at radius 2 is 2.00 bits per heavy atom. The molecule has 0 atom stereocenters. The first-order valence-electron chi connectivity index (χ1n) is 3.19. The Morgan fingerprint density at radius 3 is 2.40 bits per heavy atom. The highest BCUT2D eigenvalue weighted by molar-refractivity contribution is 5.24. The van der Waals surface area contributed by atoms with E-state index in [1.807, 2.05) is 18.6 Å². The lowest BCUT2D eigenvalue weighted by molar-refractivity contribution is 0.264. The molecule has 10 heavy (non-hydrogen) atoms. The minimum atomic E-state index is 0.830. The largest absolute Gasteiger partial charge is 0.501 e. The Balaban J connectivity index is 2.55. The third kappa shape index (κ3) is 1.53. The van der Waals surface area contributed by atoms with E-state index in [2.05, 4.69) is 0 Å². The van der Waals surface area contributed by atoms with Crippen molar-refractivity contribution >= 4 is 0 Å². The summed E-state index contributed by atoms with van der Waals surface area (Å²) in [6.45, 7) is 0. The molecule has 2 nitrogen and oxygen atoms in total. The van der Waals surface area contributed by atoms with Crippen LogP contribution in [0, 0.1) is 6.42 Å². The van der Waals surface area contributed by atoms with Crippen LogP contribution in [-0.2, 0) is 9.47 Å². The molecule has 0 fully saturated rings. The second-order valence-corrected chi connectivity index (χ2v) is 2.02. The Hall–Kier alpha value is -0.920. The average molecular weight is 139 g/mol. The number of rotatable bonds is 2. The van der Waals surface area contributed by atoms with E-state index in [-0.39, 0.29) is 0 Å². The first-order chi connectivity index (χ1) is 4.86. The Bertz CT molecular complexity index is 148. The molecule has 55 valence electrons. The monoisotopic (exact) mass is 139 g/mol. The Morgan fingerprint density at radius 1 is 1.20 bits per heavy atom. The van der Waals surface area contributed by atoms with Crippen LogP contribution in [0.5, 0.6) is 0 Å². The second kappa shape index (κ2) is 3.30. The predicted molar refractivity (Wildman–Crippen MR) is 39.1 cm³/mol. The third-order valence-electron chi connectivity index (χ3n) is 1.44. The van der Waals surface area contributed by atoms with Crippen molar-refractivity contribution in [1.82, 2.24) is 0 Å². The van der Waals surface area contributed by atoms with Gasteiger partial charge in [0.1, 0.15) is 0 Å². The molecular formula is C8H11O2. The van der Waals surface area contributed by atoms with Gasteiger partial charge in [0.25, 0.3) is 0 Å². The molecule has 0 amide bonds. The Labute approximate surface area is 61.1 Å². The summed E-state index contributed by atoms with van der Waals surface area (Å²) >= 11 is 0. The highest BCUT2D eigenvalue weighted by Crippen LogP contribution is 2.17. The molecule has 1 rings (SSSR count). The fourth-order valence-electron chi connectivity index (χ4n) is 0.815. The summed E-state index contributed by atoms with van der Waals surface area (Å²) in [6.07, 6.45) is 6.62. The van der Waals surface area contributed by atoms with Gasteiger partial charge in [0, 0.05) is 12.8 Å². The summed E-state index contributed by atoms with van der Waals surface area (Å²) in [6, 6.07) is 0. The van der Waals surface area contributed by atoms with Crippen LogP contribution in [0.3, 0.4) is 0 Å². The smallest absolute Gasteiger partial charge is 0.0999 e. The third-order valence-corrected chi connectivity index (χ3v) is 1.44. The standard InChI is InChI=1S/C8H11O2/c1-9-7-3-5-8(10-2)6-4-7/h3-5H,6H2,1-2H3. The topological polar surface area (TPSA) is 18.5 Å². The molecule has 0 unspecified atom stereocenters. The summed E-state index contributed by atoms with van der Waals surface area (Å²) in [5, 5.41) is 0. The van der Waals surface area contributed by atoms with Gasteiger partial charge in [-0.25, -0.2) is 0 Å². The van der Waals surface area contributed by atoms with Gasteiger partial charge in [-0.2, -0.15) is 0 Å². The number of ether oxygens (including phenoxy) is 2. The normalized spacial score (nSPS) is 17.4.